The molecule has 0 saturated carbocycles. The van der Waals surface area contributed by atoms with Gasteiger partial charge in [-0.3, -0.25) is 0 Å². The molecule has 0 heterocycles. The fraction of sp³-hybridized carbons (Fsp3) is 0.536. The summed E-state index contributed by atoms with van der Waals surface area (Å²) in [6.45, 7) is 13.0. The van der Waals surface area contributed by atoms with E-state index in [9.17, 15) is 4.55 Å². The van der Waals surface area contributed by atoms with Crippen molar-refractivity contribution in [1.82, 2.24) is 0 Å². The summed E-state index contributed by atoms with van der Waals surface area (Å²) in [5.41, 5.74) is 4.26. The third kappa shape index (κ3) is 15.2. The molecule has 3 rings (SSSR count). The second kappa shape index (κ2) is 20.1. The third-order valence-electron chi connectivity index (χ3n) is 5.05. The Morgan fingerprint density at radius 1 is 0.970 bits per heavy atom. The first-order valence-electron chi connectivity index (χ1n) is 12.2. The van der Waals surface area contributed by atoms with Crippen LogP contribution in [0.1, 0.15) is 89.8 Å². The topological polar surface area (TPSA) is 41.8 Å². The van der Waals surface area contributed by atoms with E-state index in [0.29, 0.717) is 5.02 Å². The van der Waals surface area contributed by atoms with E-state index in [2.05, 4.69) is 74.4 Å². The Balaban J connectivity index is 0.000000502. The quantitative estimate of drug-likeness (QED) is 0.321. The van der Waals surface area contributed by atoms with Crippen molar-refractivity contribution in [3.63, 3.8) is 0 Å². The minimum atomic E-state index is -1.33. The Morgan fingerprint density at radius 3 is 1.85 bits per heavy atom. The summed E-state index contributed by atoms with van der Waals surface area (Å²) in [5, 5.41) is 0.717. The first-order chi connectivity index (χ1) is 15.8. The summed E-state index contributed by atoms with van der Waals surface area (Å²) in [6, 6.07) is 16.4. The van der Waals surface area contributed by atoms with Crippen LogP contribution < -0.4 is 0 Å². The van der Waals surface area contributed by atoms with Crippen molar-refractivity contribution >= 4 is 29.5 Å². The molecule has 33 heavy (non-hydrogen) atoms. The SMILES string of the molecule is CCC.CCC(/C=N/[S+](O)OC)c1ccc(Cl)cc1.CCC(C)C.c1ccc2c(c1)CCC2. The fourth-order valence-corrected chi connectivity index (χ4v) is 3.28. The van der Waals surface area contributed by atoms with Crippen LogP contribution in [0.3, 0.4) is 0 Å². The van der Waals surface area contributed by atoms with Crippen LogP contribution in [-0.4, -0.2) is 17.9 Å². The van der Waals surface area contributed by atoms with Crippen LogP contribution in [0.2, 0.25) is 5.02 Å². The highest BCUT2D eigenvalue weighted by atomic mass is 35.5. The zero-order valence-corrected chi connectivity index (χ0v) is 23.3. The number of hydrogen-bond acceptors (Lipinski definition) is 3. The van der Waals surface area contributed by atoms with Gasteiger partial charge in [-0.15, -0.1) is 8.74 Å². The van der Waals surface area contributed by atoms with E-state index in [0.717, 1.165) is 17.9 Å². The molecule has 0 fully saturated rings. The zero-order valence-electron chi connectivity index (χ0n) is 21.7. The molecule has 186 valence electrons. The largest absolute Gasteiger partial charge is 0.475 e. The summed E-state index contributed by atoms with van der Waals surface area (Å²) in [7, 11) is 1.42. The molecule has 0 aromatic heterocycles. The van der Waals surface area contributed by atoms with Gasteiger partial charge in [0.25, 0.3) is 0 Å². The molecule has 0 saturated heterocycles. The van der Waals surface area contributed by atoms with Gasteiger partial charge in [0.1, 0.15) is 0 Å². The average molecular weight is 495 g/mol. The van der Waals surface area contributed by atoms with Crippen LogP contribution in [0.5, 0.6) is 0 Å². The smallest absolute Gasteiger partial charge is 0.129 e. The van der Waals surface area contributed by atoms with E-state index >= 15 is 0 Å². The van der Waals surface area contributed by atoms with Gasteiger partial charge in [0.2, 0.25) is 0 Å². The molecular weight excluding hydrogens is 450 g/mol. The zero-order chi connectivity index (χ0) is 25.1. The average Bonchev–Trinajstić information content (AvgIpc) is 3.30. The van der Waals surface area contributed by atoms with Crippen molar-refractivity contribution in [2.45, 2.75) is 86.0 Å². The fourth-order valence-electron chi connectivity index (χ4n) is 2.82. The Kier molecular flexibility index (Phi) is 19.3. The first kappa shape index (κ1) is 31.7. The molecule has 1 N–H and O–H groups in total. The van der Waals surface area contributed by atoms with E-state index in [-0.39, 0.29) is 5.92 Å². The maximum Gasteiger partial charge on any atom is 0.475 e. The van der Waals surface area contributed by atoms with Gasteiger partial charge >= 0.3 is 11.6 Å². The van der Waals surface area contributed by atoms with Gasteiger partial charge in [-0.1, -0.05) is 102 Å². The molecular formula is C28H45ClNO2S+. The van der Waals surface area contributed by atoms with Crippen molar-refractivity contribution < 1.29 is 8.74 Å². The highest BCUT2D eigenvalue weighted by molar-refractivity contribution is 7.85. The maximum absolute atomic E-state index is 9.18. The van der Waals surface area contributed by atoms with Crippen LogP contribution in [0.25, 0.3) is 0 Å². The Morgan fingerprint density at radius 2 is 1.45 bits per heavy atom. The Hall–Kier alpha value is -1.33. The number of halogens is 1. The molecule has 2 aromatic carbocycles. The molecule has 0 spiro atoms. The minimum Gasteiger partial charge on any atom is -0.129 e. The molecule has 0 aliphatic heterocycles. The van der Waals surface area contributed by atoms with Gasteiger partial charge in [0.15, 0.2) is 0 Å². The normalized spacial score (nSPS) is 13.6. The molecule has 2 unspecified atom stereocenters. The van der Waals surface area contributed by atoms with Gasteiger partial charge in [-0.05, 0) is 60.4 Å². The summed E-state index contributed by atoms with van der Waals surface area (Å²) >= 11 is 4.48. The summed E-state index contributed by atoms with van der Waals surface area (Å²) < 4.78 is 17.8. The van der Waals surface area contributed by atoms with Crippen molar-refractivity contribution in [1.29, 1.82) is 0 Å². The molecule has 1 aliphatic carbocycles. The Labute approximate surface area is 211 Å². The minimum absolute atomic E-state index is 0.176. The van der Waals surface area contributed by atoms with Gasteiger partial charge in [-0.2, -0.15) is 0 Å². The van der Waals surface area contributed by atoms with Gasteiger partial charge in [0, 0.05) is 15.3 Å². The number of aryl methyl sites for hydroxylation is 2. The Bertz CT molecular complexity index is 727. The monoisotopic (exact) mass is 494 g/mol. The van der Waals surface area contributed by atoms with Crippen LogP contribution in [0.15, 0.2) is 52.9 Å². The number of hydrogen-bond donors (Lipinski definition) is 1. The molecule has 2 atom stereocenters. The lowest BCUT2D eigenvalue weighted by Gasteiger charge is -2.08. The first-order valence-corrected chi connectivity index (χ1v) is 13.6. The molecule has 2 aromatic rings. The standard InChI is InChI=1S/C11H15ClNO2S.C9H10.C5H12.C3H8/c1-3-9(8-13-16(14)15-2)10-4-6-11(12)7-5-10;1-2-5-9-7-3-6-8(9)4-1;1-4-5(2)3;1-3-2/h4-9,14H,3H2,1-2H3;1-2,4-5H,3,6-7H2;5H,4H2,1-3H3;3H2,1-2H3/q+1;;;/b13-8+;;;. The maximum atomic E-state index is 9.18. The highest BCUT2D eigenvalue weighted by Crippen LogP contribution is 2.21. The summed E-state index contributed by atoms with van der Waals surface area (Å²) in [4.78, 5) is 0. The van der Waals surface area contributed by atoms with Crippen molar-refractivity contribution in [3.8, 4) is 0 Å². The lowest BCUT2D eigenvalue weighted by molar-refractivity contribution is 0.410. The second-order valence-electron chi connectivity index (χ2n) is 8.35. The van der Waals surface area contributed by atoms with E-state index < -0.39 is 11.6 Å². The predicted octanol–water partition coefficient (Wildman–Crippen LogP) is 9.12. The molecule has 5 heteroatoms. The van der Waals surface area contributed by atoms with E-state index in [1.807, 2.05) is 24.3 Å². The lowest BCUT2D eigenvalue weighted by atomic mass is 9.98. The molecule has 0 radical (unpaired) electrons. The molecule has 3 nitrogen and oxygen atoms in total. The van der Waals surface area contributed by atoms with E-state index in [1.165, 1.54) is 39.2 Å². The number of nitrogens with zero attached hydrogens (tertiary/aromatic N) is 1. The van der Waals surface area contributed by atoms with Crippen LogP contribution >= 0.6 is 11.6 Å². The number of fused-ring (bicyclic) bond motifs is 1. The van der Waals surface area contributed by atoms with Crippen molar-refractivity contribution in [2.24, 2.45) is 10.3 Å². The van der Waals surface area contributed by atoms with Gasteiger partial charge < -0.3 is 0 Å². The van der Waals surface area contributed by atoms with Crippen molar-refractivity contribution in [2.75, 3.05) is 7.11 Å². The third-order valence-corrected chi connectivity index (χ3v) is 5.90. The van der Waals surface area contributed by atoms with Gasteiger partial charge in [0.05, 0.1) is 13.3 Å². The number of benzene rings is 2. The molecule has 0 amide bonds. The molecule has 0 bridgehead atoms. The summed E-state index contributed by atoms with van der Waals surface area (Å²) in [5.74, 6) is 1.06. The predicted molar refractivity (Wildman–Crippen MR) is 150 cm³/mol. The summed E-state index contributed by atoms with van der Waals surface area (Å²) in [6.07, 6.45) is 9.15. The number of rotatable bonds is 6. The van der Waals surface area contributed by atoms with Crippen LogP contribution in [-0.2, 0) is 28.7 Å². The lowest BCUT2D eigenvalue weighted by Crippen LogP contribution is -2.03. The van der Waals surface area contributed by atoms with E-state index in [4.69, 9.17) is 11.6 Å². The van der Waals surface area contributed by atoms with Crippen molar-refractivity contribution in [3.05, 3.63) is 70.2 Å². The molecule has 1 aliphatic rings. The van der Waals surface area contributed by atoms with Gasteiger partial charge in [-0.25, -0.2) is 0 Å². The van der Waals surface area contributed by atoms with Crippen LogP contribution in [0, 0.1) is 5.92 Å². The van der Waals surface area contributed by atoms with E-state index in [1.54, 1.807) is 17.3 Å². The van der Waals surface area contributed by atoms with Crippen LogP contribution in [0.4, 0.5) is 0 Å². The highest BCUT2D eigenvalue weighted by Gasteiger charge is 2.15. The second-order valence-corrected chi connectivity index (χ2v) is 9.79.